The number of urea groups is 1. The van der Waals surface area contributed by atoms with Crippen LogP contribution in [0.15, 0.2) is 0 Å². The van der Waals surface area contributed by atoms with Crippen LogP contribution in [0.4, 0.5) is 4.79 Å². The van der Waals surface area contributed by atoms with Gasteiger partial charge < -0.3 is 36.4 Å². The highest BCUT2D eigenvalue weighted by Crippen LogP contribution is 2.88. The number of nitrogens with one attached hydrogen (secondary N) is 3. The molecule has 3 saturated carbocycles. The molecule has 3 aliphatic carbocycles. The zero-order valence-electron chi connectivity index (χ0n) is 34.2. The minimum atomic E-state index is -1.09. The van der Waals surface area contributed by atoms with Crippen molar-refractivity contribution >= 4 is 35.4 Å². The van der Waals surface area contributed by atoms with E-state index < -0.39 is 70.1 Å². The molecule has 2 heterocycles. The lowest BCUT2D eigenvalue weighted by Crippen LogP contribution is -2.67. The Morgan fingerprint density at radius 1 is 0.774 bits per heavy atom. The van der Waals surface area contributed by atoms with Gasteiger partial charge in [0.2, 0.25) is 23.5 Å². The second kappa shape index (κ2) is 13.8. The summed E-state index contributed by atoms with van der Waals surface area (Å²) in [6.45, 7) is 22.1. The van der Waals surface area contributed by atoms with E-state index in [0.717, 1.165) is 45.1 Å². The molecule has 0 aromatic carbocycles. The molecule has 5 aliphatic rings. The fourth-order valence-electron chi connectivity index (χ4n) is 10.5. The van der Waals surface area contributed by atoms with Gasteiger partial charge in [0, 0.05) is 31.6 Å². The van der Waals surface area contributed by atoms with E-state index in [9.17, 15) is 28.8 Å². The third kappa shape index (κ3) is 7.20. The molecular formula is C40H67N7O6. The van der Waals surface area contributed by atoms with Crippen LogP contribution in [0.5, 0.6) is 0 Å². The van der Waals surface area contributed by atoms with Crippen LogP contribution in [0.2, 0.25) is 0 Å². The fourth-order valence-corrected chi connectivity index (χ4v) is 10.5. The fraction of sp³-hybridized carbons (Fsp3) is 0.850. The van der Waals surface area contributed by atoms with E-state index in [1.54, 1.807) is 4.90 Å². The van der Waals surface area contributed by atoms with E-state index in [0.29, 0.717) is 32.5 Å². The van der Waals surface area contributed by atoms with Crippen molar-refractivity contribution in [1.29, 1.82) is 0 Å². The van der Waals surface area contributed by atoms with Crippen LogP contribution in [-0.4, -0.2) is 113 Å². The Kier molecular flexibility index (Phi) is 10.7. The topological polar surface area (TPSA) is 174 Å². The number of primary amides is 1. The molecule has 2 saturated heterocycles. The molecule has 5 atom stereocenters. The number of likely N-dealkylation sites (N-methyl/N-ethyl adjacent to an activating group) is 1. The second-order valence-electron chi connectivity index (χ2n) is 20.4. The number of nitrogens with two attached hydrogens (primary N) is 1. The summed E-state index contributed by atoms with van der Waals surface area (Å²) in [5.41, 5.74) is 3.19. The molecular weight excluding hydrogens is 674 g/mol. The highest BCUT2D eigenvalue weighted by molar-refractivity contribution is 6.37. The molecule has 53 heavy (non-hydrogen) atoms. The molecule has 2 spiro atoms. The third-order valence-corrected chi connectivity index (χ3v) is 14.2. The van der Waals surface area contributed by atoms with E-state index in [-0.39, 0.29) is 28.1 Å². The van der Waals surface area contributed by atoms with Crippen LogP contribution in [0.1, 0.15) is 121 Å². The van der Waals surface area contributed by atoms with Gasteiger partial charge in [-0.05, 0) is 74.2 Å². The second-order valence-corrected chi connectivity index (χ2v) is 20.4. The van der Waals surface area contributed by atoms with E-state index in [2.05, 4.69) is 34.7 Å². The maximum atomic E-state index is 14.9. The summed E-state index contributed by atoms with van der Waals surface area (Å²) >= 11 is 0. The Morgan fingerprint density at radius 2 is 1.34 bits per heavy atom. The number of hydrogen-bond donors (Lipinski definition) is 4. The molecule has 13 nitrogen and oxygen atoms in total. The molecule has 2 unspecified atom stereocenters. The first-order chi connectivity index (χ1) is 24.3. The molecule has 5 fully saturated rings. The number of hydrogen-bond acceptors (Lipinski definition) is 7. The van der Waals surface area contributed by atoms with Crippen molar-refractivity contribution in [2.75, 3.05) is 33.2 Å². The highest BCUT2D eigenvalue weighted by Gasteiger charge is 2.85. The first kappa shape index (κ1) is 41.0. The predicted molar refractivity (Wildman–Crippen MR) is 202 cm³/mol. The van der Waals surface area contributed by atoms with Crippen molar-refractivity contribution in [3.05, 3.63) is 0 Å². The van der Waals surface area contributed by atoms with E-state index in [1.165, 1.54) is 0 Å². The summed E-state index contributed by atoms with van der Waals surface area (Å²) in [5, 5.41) is 8.76. The first-order valence-electron chi connectivity index (χ1n) is 19.8. The number of carbonyl (C=O) groups is 6. The standard InChI is InChI=1S/C40H67N7O6/c1-35(2,3)28(43-34(53)44-29(36(4,5)6)33(52)47-19-18-45(11)22-37(47,7)8)32(51)46-23-40(38(9,10)39(40)16-13-17-39)21-26(46)31(50)42-25(27(48)30(41)49)20-24-14-12-15-24/h24-26,28-29H,12-23H2,1-11H3,(H2,41,49)(H,42,50)(H2,43,44,53)/t25?,26-,28+,29?,40+/m0/s1. The van der Waals surface area contributed by atoms with Gasteiger partial charge in [-0.25, -0.2) is 4.79 Å². The van der Waals surface area contributed by atoms with Crippen LogP contribution >= 0.6 is 0 Å². The average molecular weight is 742 g/mol. The molecule has 5 rings (SSSR count). The Bertz CT molecular complexity index is 1500. The summed E-state index contributed by atoms with van der Waals surface area (Å²) in [5.74, 6) is -2.74. The van der Waals surface area contributed by atoms with Crippen LogP contribution in [-0.2, 0) is 24.0 Å². The summed E-state index contributed by atoms with van der Waals surface area (Å²) in [4.78, 5) is 88.0. The number of fused-ring (bicyclic) bond motifs is 1. The minimum Gasteiger partial charge on any atom is -0.363 e. The average Bonchev–Trinajstić information content (AvgIpc) is 3.20. The predicted octanol–water partition coefficient (Wildman–Crippen LogP) is 3.19. The summed E-state index contributed by atoms with van der Waals surface area (Å²) in [6.07, 6.45) is 6.78. The first-order valence-corrected chi connectivity index (χ1v) is 19.8. The third-order valence-electron chi connectivity index (χ3n) is 14.2. The molecule has 13 heteroatoms. The Balaban J connectivity index is 1.40. The molecule has 5 N–H and O–H groups in total. The van der Waals surface area contributed by atoms with E-state index in [1.807, 2.05) is 67.3 Å². The number of amides is 6. The number of Topliss-reactive ketones (excluding diaryl/α,β-unsaturated/α-hetero) is 1. The lowest BCUT2D eigenvalue weighted by atomic mass is 9.73. The minimum absolute atomic E-state index is 0.0152. The van der Waals surface area contributed by atoms with Gasteiger partial charge in [0.25, 0.3) is 5.91 Å². The maximum Gasteiger partial charge on any atom is 0.316 e. The van der Waals surface area contributed by atoms with Gasteiger partial charge in [0.15, 0.2) is 0 Å². The SMILES string of the molecule is CN1CCN(C(=O)C(NC(=O)N[C@H](C(=O)N2C[C@]3(C[C@H]2C(=O)NC(CC2CCC2)C(=O)C(N)=O)C(C)(C)C32CCC2)C(C)(C)C)C(C)(C)C)C(C)(C)C1. The number of nitrogens with zero attached hydrogens (tertiary/aromatic N) is 3. The smallest absolute Gasteiger partial charge is 0.316 e. The molecule has 0 bridgehead atoms. The number of rotatable bonds is 10. The molecule has 6 amide bonds. The van der Waals surface area contributed by atoms with Gasteiger partial charge in [0.1, 0.15) is 18.1 Å². The Hall–Kier alpha value is -3.22. The normalized spacial score (nSPS) is 27.9. The van der Waals surface area contributed by atoms with Crippen LogP contribution in [0.3, 0.4) is 0 Å². The molecule has 298 valence electrons. The Morgan fingerprint density at radius 3 is 1.77 bits per heavy atom. The van der Waals surface area contributed by atoms with Gasteiger partial charge in [-0.2, -0.15) is 0 Å². The monoisotopic (exact) mass is 742 g/mol. The van der Waals surface area contributed by atoms with Crippen molar-refractivity contribution in [2.24, 2.45) is 38.7 Å². The molecule has 0 aromatic rings. The van der Waals surface area contributed by atoms with Gasteiger partial charge in [-0.3, -0.25) is 24.0 Å². The lowest BCUT2D eigenvalue weighted by molar-refractivity contribution is -0.144. The van der Waals surface area contributed by atoms with Gasteiger partial charge >= 0.3 is 6.03 Å². The molecule has 2 aliphatic heterocycles. The van der Waals surface area contributed by atoms with Crippen molar-refractivity contribution in [3.8, 4) is 0 Å². The molecule has 0 aromatic heterocycles. The summed E-state index contributed by atoms with van der Waals surface area (Å²) in [6, 6.07) is -4.49. The number of likely N-dealkylation sites (tertiary alicyclic amines) is 1. The summed E-state index contributed by atoms with van der Waals surface area (Å²) in [7, 11) is 2.03. The quantitative estimate of drug-likeness (QED) is 0.249. The molecule has 0 radical (unpaired) electrons. The number of ketones is 1. The largest absolute Gasteiger partial charge is 0.363 e. The van der Waals surface area contributed by atoms with Crippen molar-refractivity contribution in [2.45, 2.75) is 150 Å². The van der Waals surface area contributed by atoms with Crippen LogP contribution < -0.4 is 21.7 Å². The van der Waals surface area contributed by atoms with E-state index >= 15 is 0 Å². The van der Waals surface area contributed by atoms with Crippen molar-refractivity contribution < 1.29 is 28.8 Å². The van der Waals surface area contributed by atoms with Gasteiger partial charge in [-0.15, -0.1) is 0 Å². The van der Waals surface area contributed by atoms with Gasteiger partial charge in [-0.1, -0.05) is 81.1 Å². The zero-order valence-corrected chi connectivity index (χ0v) is 34.2. The van der Waals surface area contributed by atoms with E-state index in [4.69, 9.17) is 5.73 Å². The highest BCUT2D eigenvalue weighted by atomic mass is 16.2. The number of piperazine rings is 1. The van der Waals surface area contributed by atoms with Gasteiger partial charge in [0.05, 0.1) is 11.6 Å². The van der Waals surface area contributed by atoms with Crippen LogP contribution in [0, 0.1) is 33.0 Å². The Labute approximate surface area is 316 Å². The zero-order chi connectivity index (χ0) is 39.7. The summed E-state index contributed by atoms with van der Waals surface area (Å²) < 4.78 is 0. The maximum absolute atomic E-state index is 14.9. The van der Waals surface area contributed by atoms with Crippen LogP contribution in [0.25, 0.3) is 0 Å². The van der Waals surface area contributed by atoms with Crippen molar-refractivity contribution in [3.63, 3.8) is 0 Å². The lowest BCUT2D eigenvalue weighted by Gasteiger charge is -2.48. The van der Waals surface area contributed by atoms with Crippen molar-refractivity contribution in [1.82, 2.24) is 30.7 Å². The number of carbonyl (C=O) groups excluding carboxylic acids is 6.